The Morgan fingerprint density at radius 2 is 1.93 bits per heavy atom. The van der Waals surface area contributed by atoms with E-state index in [-0.39, 0.29) is 0 Å². The van der Waals surface area contributed by atoms with Crippen molar-refractivity contribution < 1.29 is 0 Å². The molecule has 0 bridgehead atoms. The molecule has 144 valence electrons. The lowest BCUT2D eigenvalue weighted by atomic mass is 9.85. The molecule has 6 heteroatoms. The van der Waals surface area contributed by atoms with Crippen LogP contribution < -0.4 is 10.2 Å². The second-order valence-corrected chi connectivity index (χ2v) is 7.96. The van der Waals surface area contributed by atoms with Crippen molar-refractivity contribution in [1.82, 2.24) is 15.2 Å². The third kappa shape index (κ3) is 4.08. The van der Waals surface area contributed by atoms with Crippen LogP contribution in [0.25, 0.3) is 0 Å². The molecule has 0 unspecified atom stereocenters. The Kier molecular flexibility index (Phi) is 6.33. The Balaban J connectivity index is 1.85. The molecule has 27 heavy (non-hydrogen) atoms. The van der Waals surface area contributed by atoms with Gasteiger partial charge in [-0.15, -0.1) is 6.58 Å². The van der Waals surface area contributed by atoms with E-state index in [4.69, 9.17) is 17.2 Å². The number of nitrogens with zero attached hydrogens (tertiary/aromatic N) is 4. The Bertz CT molecular complexity index is 757. The van der Waals surface area contributed by atoms with Crippen molar-refractivity contribution in [2.24, 2.45) is 0 Å². The van der Waals surface area contributed by atoms with E-state index in [0.29, 0.717) is 12.5 Å². The van der Waals surface area contributed by atoms with Crippen molar-refractivity contribution in [2.75, 3.05) is 37.6 Å². The summed E-state index contributed by atoms with van der Waals surface area (Å²) in [5.74, 6) is 1.26. The molecule has 1 aromatic rings. The van der Waals surface area contributed by atoms with Crippen LogP contribution in [-0.4, -0.2) is 47.7 Å². The van der Waals surface area contributed by atoms with Crippen LogP contribution in [0, 0.1) is 11.3 Å². The number of pyridine rings is 1. The minimum atomic E-state index is 0.375. The van der Waals surface area contributed by atoms with Crippen LogP contribution in [0.2, 0.25) is 0 Å². The van der Waals surface area contributed by atoms with Crippen LogP contribution in [0.3, 0.4) is 0 Å². The molecule has 1 fully saturated rings. The van der Waals surface area contributed by atoms with Crippen LogP contribution in [0.5, 0.6) is 0 Å². The second kappa shape index (κ2) is 8.71. The van der Waals surface area contributed by atoms with Gasteiger partial charge < -0.3 is 15.1 Å². The predicted octanol–water partition coefficient (Wildman–Crippen LogP) is 3.14. The number of rotatable bonds is 4. The highest BCUT2D eigenvalue weighted by atomic mass is 32.1. The molecule has 0 atom stereocenters. The number of aromatic nitrogens is 1. The lowest BCUT2D eigenvalue weighted by Gasteiger charge is -2.38. The van der Waals surface area contributed by atoms with E-state index in [0.717, 1.165) is 55.5 Å². The molecule has 2 aliphatic rings. The number of fused-ring (bicyclic) bond motifs is 1. The molecule has 5 nitrogen and oxygen atoms in total. The maximum absolute atomic E-state index is 9.90. The van der Waals surface area contributed by atoms with Crippen molar-refractivity contribution in [3.63, 3.8) is 0 Å². The molecule has 0 aromatic carbocycles. The average Bonchev–Trinajstić information content (AvgIpc) is 2.70. The first-order valence-corrected chi connectivity index (χ1v) is 10.3. The van der Waals surface area contributed by atoms with Crippen LogP contribution in [0.1, 0.15) is 55.0 Å². The minimum Gasteiger partial charge on any atom is -0.359 e. The molecule has 0 radical (unpaired) electrons. The second-order valence-electron chi connectivity index (χ2n) is 7.58. The largest absolute Gasteiger partial charge is 0.359 e. The summed E-state index contributed by atoms with van der Waals surface area (Å²) in [7, 11) is 0. The highest BCUT2D eigenvalue weighted by molar-refractivity contribution is 7.80. The standard InChI is InChI=1S/C21H29N5S/c1-4-9-23-21(27)26-12-10-25(11-13-26)20-18(14-22)16-7-5-6-8-17(16)19(24-20)15(2)3/h4,15H,1,5-13H2,2-3H3,(H,23,27). The van der Waals surface area contributed by atoms with Gasteiger partial charge in [0.2, 0.25) is 0 Å². The number of anilines is 1. The van der Waals surface area contributed by atoms with E-state index in [1.165, 1.54) is 29.7 Å². The van der Waals surface area contributed by atoms with Crippen LogP contribution in [0.4, 0.5) is 5.82 Å². The molecule has 1 aliphatic carbocycles. The van der Waals surface area contributed by atoms with Gasteiger partial charge in [0.05, 0.1) is 5.56 Å². The summed E-state index contributed by atoms with van der Waals surface area (Å²) in [5, 5.41) is 13.9. The molecule has 1 saturated heterocycles. The van der Waals surface area contributed by atoms with Crippen molar-refractivity contribution in [2.45, 2.75) is 45.4 Å². The molecule has 3 rings (SSSR count). The van der Waals surface area contributed by atoms with E-state index >= 15 is 0 Å². The fraction of sp³-hybridized carbons (Fsp3) is 0.571. The Labute approximate surface area is 168 Å². The van der Waals surface area contributed by atoms with E-state index in [1.807, 2.05) is 6.08 Å². The first kappa shape index (κ1) is 19.6. The van der Waals surface area contributed by atoms with Crippen molar-refractivity contribution in [3.8, 4) is 6.07 Å². The van der Waals surface area contributed by atoms with Crippen molar-refractivity contribution in [3.05, 3.63) is 35.0 Å². The summed E-state index contributed by atoms with van der Waals surface area (Å²) < 4.78 is 0. The zero-order chi connectivity index (χ0) is 19.4. The number of hydrogen-bond donors (Lipinski definition) is 1. The first-order chi connectivity index (χ1) is 13.1. The lowest BCUT2D eigenvalue weighted by Crippen LogP contribution is -2.52. The van der Waals surface area contributed by atoms with E-state index in [1.54, 1.807) is 0 Å². The molecule has 1 aliphatic heterocycles. The smallest absolute Gasteiger partial charge is 0.169 e. The predicted molar refractivity (Wildman–Crippen MR) is 114 cm³/mol. The summed E-state index contributed by atoms with van der Waals surface area (Å²) >= 11 is 5.46. The third-order valence-corrected chi connectivity index (χ3v) is 5.85. The number of thiocarbonyl (C=S) groups is 1. The SMILES string of the molecule is C=CCNC(=S)N1CCN(c2nc(C(C)C)c3c(c2C#N)CCCC3)CC1. The summed E-state index contributed by atoms with van der Waals surface area (Å²) in [4.78, 5) is 9.48. The van der Waals surface area contributed by atoms with Gasteiger partial charge in [-0.1, -0.05) is 19.9 Å². The molecule has 0 amide bonds. The number of piperazine rings is 1. The molecule has 1 N–H and O–H groups in total. The maximum Gasteiger partial charge on any atom is 0.169 e. The van der Waals surface area contributed by atoms with Crippen molar-refractivity contribution in [1.29, 1.82) is 5.26 Å². The van der Waals surface area contributed by atoms with Gasteiger partial charge >= 0.3 is 0 Å². The molecule has 1 aromatic heterocycles. The quantitative estimate of drug-likeness (QED) is 0.637. The molecule has 0 saturated carbocycles. The number of hydrogen-bond acceptors (Lipinski definition) is 4. The molecular formula is C21H29N5S. The van der Waals surface area contributed by atoms with Gasteiger partial charge in [0.15, 0.2) is 5.11 Å². The fourth-order valence-corrected chi connectivity index (χ4v) is 4.32. The normalized spacial score (nSPS) is 16.7. The van der Waals surface area contributed by atoms with Crippen LogP contribution >= 0.6 is 12.2 Å². The Hall–Kier alpha value is -2.13. The average molecular weight is 384 g/mol. The van der Waals surface area contributed by atoms with Crippen molar-refractivity contribution >= 4 is 23.1 Å². The van der Waals surface area contributed by atoms with E-state index in [9.17, 15) is 5.26 Å². The van der Waals surface area contributed by atoms with Gasteiger partial charge in [-0.05, 0) is 54.9 Å². The van der Waals surface area contributed by atoms with Crippen LogP contribution in [-0.2, 0) is 12.8 Å². The third-order valence-electron chi connectivity index (χ3n) is 5.45. The monoisotopic (exact) mass is 383 g/mol. The topological polar surface area (TPSA) is 55.2 Å². The highest BCUT2D eigenvalue weighted by Gasteiger charge is 2.28. The number of nitrogens with one attached hydrogen (secondary N) is 1. The highest BCUT2D eigenvalue weighted by Crippen LogP contribution is 2.35. The van der Waals surface area contributed by atoms with Gasteiger partial charge in [-0.25, -0.2) is 4.98 Å². The Morgan fingerprint density at radius 3 is 2.52 bits per heavy atom. The minimum absolute atomic E-state index is 0.375. The molecule has 2 heterocycles. The van der Waals surface area contributed by atoms with Gasteiger partial charge in [0, 0.05) is 38.4 Å². The summed E-state index contributed by atoms with van der Waals surface area (Å²) in [6.45, 7) is 12.1. The van der Waals surface area contributed by atoms with Crippen LogP contribution in [0.15, 0.2) is 12.7 Å². The van der Waals surface area contributed by atoms with E-state index < -0.39 is 0 Å². The summed E-state index contributed by atoms with van der Waals surface area (Å²) in [5.41, 5.74) is 4.58. The number of nitriles is 1. The van der Waals surface area contributed by atoms with E-state index in [2.05, 4.69) is 41.6 Å². The van der Waals surface area contributed by atoms with Gasteiger partial charge in [0.1, 0.15) is 11.9 Å². The Morgan fingerprint density at radius 1 is 1.26 bits per heavy atom. The van der Waals surface area contributed by atoms with Gasteiger partial charge in [-0.2, -0.15) is 5.26 Å². The van der Waals surface area contributed by atoms with Gasteiger partial charge in [-0.3, -0.25) is 0 Å². The van der Waals surface area contributed by atoms with Gasteiger partial charge in [0.25, 0.3) is 0 Å². The first-order valence-electron chi connectivity index (χ1n) is 9.91. The lowest BCUT2D eigenvalue weighted by molar-refractivity contribution is 0.380. The summed E-state index contributed by atoms with van der Waals surface area (Å²) in [6.07, 6.45) is 6.24. The maximum atomic E-state index is 9.90. The fourth-order valence-electron chi connectivity index (χ4n) is 4.05. The molecular weight excluding hydrogens is 354 g/mol. The zero-order valence-electron chi connectivity index (χ0n) is 16.4. The molecule has 0 spiro atoms. The zero-order valence-corrected chi connectivity index (χ0v) is 17.2. The summed E-state index contributed by atoms with van der Waals surface area (Å²) in [6, 6.07) is 2.48.